The van der Waals surface area contributed by atoms with E-state index >= 15 is 0 Å². The molecule has 2 heterocycles. The summed E-state index contributed by atoms with van der Waals surface area (Å²) in [7, 11) is 0. The van der Waals surface area contributed by atoms with Crippen LogP contribution in [-0.2, 0) is 57.8 Å². The summed E-state index contributed by atoms with van der Waals surface area (Å²) in [5, 5.41) is 4.45. The van der Waals surface area contributed by atoms with Crippen LogP contribution in [0.3, 0.4) is 0 Å². The Balaban J connectivity index is 0.00000156. The molecule has 2 aromatic heterocycles. The third-order valence-corrected chi connectivity index (χ3v) is 4.50. The summed E-state index contributed by atoms with van der Waals surface area (Å²) in [6, 6.07) is 16.6. The normalized spacial score (nSPS) is 11.0. The van der Waals surface area contributed by atoms with Crippen LogP contribution in [0, 0.1) is 0 Å². The Morgan fingerprint density at radius 2 is 1.00 bits per heavy atom. The van der Waals surface area contributed by atoms with E-state index in [1.165, 1.54) is 0 Å². The van der Waals surface area contributed by atoms with Gasteiger partial charge in [-0.25, -0.2) is 0 Å². The van der Waals surface area contributed by atoms with Crippen LogP contribution in [0.15, 0.2) is 48.5 Å². The molecule has 0 N–H and O–H groups in total. The predicted octanol–water partition coefficient (Wildman–Crippen LogP) is 4.03. The largest absolute Gasteiger partial charge is 2.00 e. The second-order valence-corrected chi connectivity index (χ2v) is 5.84. The second kappa shape index (κ2) is 6.80. The number of nitrogens with zero attached hydrogens (tertiary/aromatic N) is 2. The van der Waals surface area contributed by atoms with Gasteiger partial charge in [0.2, 0.25) is 0 Å². The summed E-state index contributed by atoms with van der Waals surface area (Å²) in [5.41, 5.74) is 3.79. The summed E-state index contributed by atoms with van der Waals surface area (Å²) in [6.45, 7) is 0. The van der Waals surface area contributed by atoms with E-state index in [1.807, 2.05) is 12.1 Å². The molecule has 2 nitrogen and oxygen atoms in total. The van der Waals surface area contributed by atoms with Crippen molar-refractivity contribution in [2.75, 3.05) is 0 Å². The smallest absolute Gasteiger partial charge is 0.787 e. The summed E-state index contributed by atoms with van der Waals surface area (Å²) >= 11 is 10.3. The fraction of sp³-hybridized carbons (Fsp3) is 0.111. The monoisotopic (exact) mass is 515 g/mol. The van der Waals surface area contributed by atoms with Gasteiger partial charge in [-0.05, 0) is 17.5 Å². The van der Waals surface area contributed by atoms with Gasteiger partial charge >= 0.3 is 21.1 Å². The van der Waals surface area contributed by atoms with Gasteiger partial charge in [0, 0.05) is 27.5 Å². The average molecular weight is 516 g/mol. The Morgan fingerprint density at radius 3 is 1.43 bits per heavy atom. The van der Waals surface area contributed by atoms with E-state index in [9.17, 15) is 0 Å². The number of benzene rings is 2. The molecule has 4 aromatic rings. The molecule has 0 atom stereocenters. The van der Waals surface area contributed by atoms with Gasteiger partial charge in [0.1, 0.15) is 0 Å². The van der Waals surface area contributed by atoms with Crippen molar-refractivity contribution in [1.82, 2.24) is 9.97 Å². The van der Waals surface area contributed by atoms with Gasteiger partial charge in [-0.1, -0.05) is 36.4 Å². The zero-order valence-corrected chi connectivity index (χ0v) is 16.0. The molecule has 0 unspecified atom stereocenters. The molecule has 0 aliphatic heterocycles. The molecule has 2 aromatic carbocycles. The molecular weight excluding hydrogens is 503 g/mol. The number of pyridine rings is 2. The zero-order chi connectivity index (χ0) is 15.1. The number of fused-ring (bicyclic) bond motifs is 5. The van der Waals surface area contributed by atoms with E-state index in [0.29, 0.717) is 11.5 Å². The standard InChI is InChI=1S/C18H14N2S2.Pt/c21-9-14-7-5-12-3-1-11-2-4-13-6-8-15(10-22)20-18(13)16(11)17(12)19-14;/h1-8,21-22H,9-10H2;/q;+2/p-2. The summed E-state index contributed by atoms with van der Waals surface area (Å²) < 4.78 is 0. The van der Waals surface area contributed by atoms with E-state index in [0.717, 1.165) is 44.0 Å². The molecule has 23 heavy (non-hydrogen) atoms. The Kier molecular flexibility index (Phi) is 4.95. The summed E-state index contributed by atoms with van der Waals surface area (Å²) in [6.07, 6.45) is 0. The number of rotatable bonds is 2. The van der Waals surface area contributed by atoms with Crippen LogP contribution in [0.4, 0.5) is 0 Å². The molecule has 5 heteroatoms. The minimum Gasteiger partial charge on any atom is -0.787 e. The molecule has 4 rings (SSSR count). The van der Waals surface area contributed by atoms with Gasteiger partial charge in [-0.15, -0.1) is 11.5 Å². The van der Waals surface area contributed by atoms with Crippen molar-refractivity contribution >= 4 is 57.8 Å². The van der Waals surface area contributed by atoms with Gasteiger partial charge in [-0.3, -0.25) is 9.97 Å². The maximum atomic E-state index is 5.15. The molecule has 0 saturated heterocycles. The van der Waals surface area contributed by atoms with Crippen molar-refractivity contribution < 1.29 is 21.1 Å². The van der Waals surface area contributed by atoms with Crippen molar-refractivity contribution in [3.8, 4) is 0 Å². The fourth-order valence-corrected chi connectivity index (χ4v) is 3.14. The van der Waals surface area contributed by atoms with Crippen LogP contribution in [0.1, 0.15) is 11.4 Å². The predicted molar refractivity (Wildman–Crippen MR) is 96.7 cm³/mol. The molecule has 0 spiro atoms. The molecule has 0 aliphatic carbocycles. The first kappa shape index (κ1) is 16.8. The van der Waals surface area contributed by atoms with Crippen molar-refractivity contribution in [2.24, 2.45) is 0 Å². The first-order valence-electron chi connectivity index (χ1n) is 7.07. The van der Waals surface area contributed by atoms with Crippen molar-refractivity contribution in [3.05, 3.63) is 59.9 Å². The third-order valence-electron chi connectivity index (χ3n) is 3.91. The first-order chi connectivity index (χ1) is 10.8. The molecule has 0 amide bonds. The first-order valence-corrected chi connectivity index (χ1v) is 8.23. The quantitative estimate of drug-likeness (QED) is 0.298. The Hall–Kier alpha value is -1.09. The minimum absolute atomic E-state index is 0. The number of aromatic nitrogens is 2. The van der Waals surface area contributed by atoms with E-state index in [1.54, 1.807) is 0 Å². The second-order valence-electron chi connectivity index (χ2n) is 5.27. The van der Waals surface area contributed by atoms with E-state index in [4.69, 9.17) is 35.2 Å². The maximum absolute atomic E-state index is 5.15. The van der Waals surface area contributed by atoms with Gasteiger partial charge in [-0.2, -0.15) is 0 Å². The minimum atomic E-state index is 0. The van der Waals surface area contributed by atoms with Gasteiger partial charge in [0.15, 0.2) is 0 Å². The van der Waals surface area contributed by atoms with Crippen LogP contribution < -0.4 is 0 Å². The average Bonchev–Trinajstić information content (AvgIpc) is 2.59. The van der Waals surface area contributed by atoms with Crippen LogP contribution in [0.5, 0.6) is 0 Å². The maximum Gasteiger partial charge on any atom is 2.00 e. The van der Waals surface area contributed by atoms with Gasteiger partial charge in [0.25, 0.3) is 0 Å². The van der Waals surface area contributed by atoms with Crippen LogP contribution in [-0.4, -0.2) is 9.97 Å². The van der Waals surface area contributed by atoms with E-state index < -0.39 is 0 Å². The summed E-state index contributed by atoms with van der Waals surface area (Å²) in [4.78, 5) is 9.51. The van der Waals surface area contributed by atoms with Crippen LogP contribution >= 0.6 is 0 Å². The fourth-order valence-electron chi connectivity index (χ4n) is 2.82. The molecule has 0 aliphatic rings. The molecular formula is C18H12N2PtS2. The van der Waals surface area contributed by atoms with E-state index in [-0.39, 0.29) is 21.1 Å². The van der Waals surface area contributed by atoms with Crippen molar-refractivity contribution in [2.45, 2.75) is 11.5 Å². The molecule has 0 fully saturated rings. The third kappa shape index (κ3) is 2.88. The Labute approximate surface area is 159 Å². The van der Waals surface area contributed by atoms with Gasteiger partial charge < -0.3 is 25.3 Å². The SMILES string of the molecule is [Pt+2].[S-]Cc1ccc2ccc3ccc4ccc(C[S-])nc4c3c2n1. The molecule has 0 saturated carbocycles. The van der Waals surface area contributed by atoms with Crippen molar-refractivity contribution in [3.63, 3.8) is 0 Å². The van der Waals surface area contributed by atoms with Crippen LogP contribution in [0.2, 0.25) is 0 Å². The van der Waals surface area contributed by atoms with Gasteiger partial charge in [0.05, 0.1) is 11.0 Å². The summed E-state index contributed by atoms with van der Waals surface area (Å²) in [5.74, 6) is 1.03. The topological polar surface area (TPSA) is 25.8 Å². The molecule has 0 bridgehead atoms. The van der Waals surface area contributed by atoms with Crippen molar-refractivity contribution in [1.29, 1.82) is 0 Å². The van der Waals surface area contributed by atoms with Crippen LogP contribution in [0.25, 0.3) is 32.6 Å². The Bertz CT molecular complexity index is 939. The molecule has 0 radical (unpaired) electrons. The number of hydrogen-bond donors (Lipinski definition) is 0. The zero-order valence-electron chi connectivity index (χ0n) is 12.1. The Morgan fingerprint density at radius 1 is 0.609 bits per heavy atom. The molecule has 116 valence electrons. The number of hydrogen-bond acceptors (Lipinski definition) is 4. The van der Waals surface area contributed by atoms with E-state index in [2.05, 4.69) is 36.4 Å².